The molecule has 96 valence electrons. The molecule has 1 aliphatic heterocycles. The van der Waals surface area contributed by atoms with Gasteiger partial charge in [0.1, 0.15) is 4.21 Å². The standard InChI is InChI=1S/C10H17N3O2S2/c1-12-3-2-4-13(6-5-12)17(14,15)10-7-9(11)8-16-10/h7-8H,2-6,11H2,1H3. The molecule has 0 aromatic carbocycles. The molecule has 0 aliphatic carbocycles. The fraction of sp³-hybridized carbons (Fsp3) is 0.600. The summed E-state index contributed by atoms with van der Waals surface area (Å²) in [5, 5.41) is 1.66. The highest BCUT2D eigenvalue weighted by molar-refractivity contribution is 7.91. The molecule has 1 aromatic rings. The van der Waals surface area contributed by atoms with Crippen molar-refractivity contribution in [2.24, 2.45) is 0 Å². The lowest BCUT2D eigenvalue weighted by Gasteiger charge is -2.18. The molecular formula is C10H17N3O2S2. The second-order valence-corrected chi connectivity index (χ2v) is 7.34. The zero-order valence-electron chi connectivity index (χ0n) is 9.80. The van der Waals surface area contributed by atoms with Crippen LogP contribution < -0.4 is 5.73 Å². The van der Waals surface area contributed by atoms with E-state index in [4.69, 9.17) is 5.73 Å². The maximum atomic E-state index is 12.3. The average Bonchev–Trinajstić information content (AvgIpc) is 2.58. The van der Waals surface area contributed by atoms with Gasteiger partial charge in [-0.15, -0.1) is 11.3 Å². The molecule has 0 radical (unpaired) electrons. The van der Waals surface area contributed by atoms with E-state index in [1.54, 1.807) is 9.69 Å². The summed E-state index contributed by atoms with van der Waals surface area (Å²) in [5.41, 5.74) is 6.09. The molecule has 1 aliphatic rings. The number of rotatable bonds is 2. The van der Waals surface area contributed by atoms with Gasteiger partial charge in [-0.25, -0.2) is 8.42 Å². The third kappa shape index (κ3) is 2.79. The van der Waals surface area contributed by atoms with Gasteiger partial charge < -0.3 is 10.6 Å². The minimum absolute atomic E-state index is 0.347. The number of sulfonamides is 1. The maximum Gasteiger partial charge on any atom is 0.252 e. The van der Waals surface area contributed by atoms with Crippen molar-refractivity contribution in [3.05, 3.63) is 11.4 Å². The normalized spacial score (nSPS) is 20.3. The molecule has 0 atom stereocenters. The number of likely N-dealkylation sites (N-methyl/N-ethyl adjacent to an activating group) is 1. The fourth-order valence-corrected chi connectivity index (χ4v) is 4.56. The quantitative estimate of drug-likeness (QED) is 0.861. The fourth-order valence-electron chi connectivity index (χ4n) is 1.86. The first-order valence-electron chi connectivity index (χ1n) is 5.53. The number of hydrogen-bond donors (Lipinski definition) is 1. The molecule has 5 nitrogen and oxygen atoms in total. The van der Waals surface area contributed by atoms with Crippen molar-refractivity contribution >= 4 is 27.0 Å². The number of nitrogens with two attached hydrogens (primary N) is 1. The van der Waals surface area contributed by atoms with Crippen LogP contribution in [0.2, 0.25) is 0 Å². The van der Waals surface area contributed by atoms with Gasteiger partial charge in [-0.2, -0.15) is 4.31 Å². The zero-order valence-corrected chi connectivity index (χ0v) is 11.4. The van der Waals surface area contributed by atoms with E-state index in [1.807, 2.05) is 7.05 Å². The molecule has 0 saturated carbocycles. The van der Waals surface area contributed by atoms with Crippen LogP contribution in [0.3, 0.4) is 0 Å². The highest BCUT2D eigenvalue weighted by atomic mass is 32.2. The van der Waals surface area contributed by atoms with E-state index < -0.39 is 10.0 Å². The first-order valence-corrected chi connectivity index (χ1v) is 7.85. The predicted molar refractivity (Wildman–Crippen MR) is 69.6 cm³/mol. The smallest absolute Gasteiger partial charge is 0.252 e. The van der Waals surface area contributed by atoms with Gasteiger partial charge in [-0.05, 0) is 26.1 Å². The number of nitrogen functional groups attached to an aromatic ring is 1. The molecule has 0 unspecified atom stereocenters. The third-order valence-corrected chi connectivity index (χ3v) is 6.20. The number of hydrogen-bond acceptors (Lipinski definition) is 5. The minimum atomic E-state index is -3.34. The Labute approximate surface area is 106 Å². The van der Waals surface area contributed by atoms with Crippen molar-refractivity contribution in [3.8, 4) is 0 Å². The number of nitrogens with zero attached hydrogens (tertiary/aromatic N) is 2. The molecular weight excluding hydrogens is 258 g/mol. The molecule has 2 rings (SSSR count). The molecule has 0 amide bonds. The maximum absolute atomic E-state index is 12.3. The van der Waals surface area contributed by atoms with Crippen LogP contribution in [0.1, 0.15) is 6.42 Å². The monoisotopic (exact) mass is 275 g/mol. The van der Waals surface area contributed by atoms with Crippen LogP contribution in [0, 0.1) is 0 Å². The van der Waals surface area contributed by atoms with Crippen LogP contribution in [0.25, 0.3) is 0 Å². The first-order chi connectivity index (χ1) is 8.00. The minimum Gasteiger partial charge on any atom is -0.398 e. The van der Waals surface area contributed by atoms with E-state index in [-0.39, 0.29) is 0 Å². The molecule has 1 saturated heterocycles. The Morgan fingerprint density at radius 1 is 1.29 bits per heavy atom. The molecule has 1 aromatic heterocycles. The van der Waals surface area contributed by atoms with Gasteiger partial charge in [0.15, 0.2) is 0 Å². The van der Waals surface area contributed by atoms with Gasteiger partial charge in [-0.1, -0.05) is 0 Å². The number of anilines is 1. The van der Waals surface area contributed by atoms with Gasteiger partial charge in [0, 0.05) is 30.7 Å². The summed E-state index contributed by atoms with van der Waals surface area (Å²) in [4.78, 5) is 2.15. The van der Waals surface area contributed by atoms with Crippen molar-refractivity contribution in [3.63, 3.8) is 0 Å². The Balaban J connectivity index is 2.20. The van der Waals surface area contributed by atoms with Crippen LogP contribution >= 0.6 is 11.3 Å². The van der Waals surface area contributed by atoms with E-state index in [0.717, 1.165) is 19.5 Å². The third-order valence-electron chi connectivity index (χ3n) is 2.87. The van der Waals surface area contributed by atoms with E-state index >= 15 is 0 Å². The van der Waals surface area contributed by atoms with Crippen LogP contribution in [-0.4, -0.2) is 50.8 Å². The summed E-state index contributed by atoms with van der Waals surface area (Å²) in [6, 6.07) is 1.54. The summed E-state index contributed by atoms with van der Waals surface area (Å²) in [5.74, 6) is 0. The summed E-state index contributed by atoms with van der Waals surface area (Å²) in [6.45, 7) is 2.86. The molecule has 0 spiro atoms. The summed E-state index contributed by atoms with van der Waals surface area (Å²) in [7, 11) is -1.33. The largest absolute Gasteiger partial charge is 0.398 e. The highest BCUT2D eigenvalue weighted by Crippen LogP contribution is 2.25. The summed E-state index contributed by atoms with van der Waals surface area (Å²) in [6.07, 6.45) is 0.872. The van der Waals surface area contributed by atoms with E-state index in [9.17, 15) is 8.42 Å². The molecule has 17 heavy (non-hydrogen) atoms. The highest BCUT2D eigenvalue weighted by Gasteiger charge is 2.27. The molecule has 1 fully saturated rings. The van der Waals surface area contributed by atoms with Crippen molar-refractivity contribution in [1.82, 2.24) is 9.21 Å². The van der Waals surface area contributed by atoms with E-state index in [1.165, 1.54) is 17.4 Å². The second kappa shape index (κ2) is 4.93. The van der Waals surface area contributed by atoms with Gasteiger partial charge in [0.05, 0.1) is 0 Å². The van der Waals surface area contributed by atoms with Crippen molar-refractivity contribution in [2.75, 3.05) is 39.0 Å². The average molecular weight is 275 g/mol. The SMILES string of the molecule is CN1CCCN(S(=O)(=O)c2cc(N)cs2)CC1. The molecule has 0 bridgehead atoms. The molecule has 7 heteroatoms. The predicted octanol–water partition coefficient (Wildman–Crippen LogP) is 0.656. The van der Waals surface area contributed by atoms with Crippen LogP contribution in [0.15, 0.2) is 15.7 Å². The molecule has 2 N–H and O–H groups in total. The second-order valence-electron chi connectivity index (χ2n) is 4.26. The zero-order chi connectivity index (χ0) is 12.5. The Hall–Kier alpha value is -0.630. The van der Waals surface area contributed by atoms with E-state index in [0.29, 0.717) is 23.0 Å². The van der Waals surface area contributed by atoms with Crippen LogP contribution in [0.4, 0.5) is 5.69 Å². The lowest BCUT2D eigenvalue weighted by molar-refractivity contribution is 0.347. The number of thiophene rings is 1. The Bertz CT molecular complexity index is 483. The van der Waals surface area contributed by atoms with Gasteiger partial charge in [-0.3, -0.25) is 0 Å². The first kappa shape index (κ1) is 12.8. The van der Waals surface area contributed by atoms with Gasteiger partial charge in [0.2, 0.25) is 0 Å². The molecule has 2 heterocycles. The van der Waals surface area contributed by atoms with Crippen molar-refractivity contribution in [1.29, 1.82) is 0 Å². The van der Waals surface area contributed by atoms with Crippen molar-refractivity contribution in [2.45, 2.75) is 10.6 Å². The lowest BCUT2D eigenvalue weighted by Crippen LogP contribution is -2.34. The van der Waals surface area contributed by atoms with Crippen LogP contribution in [0.5, 0.6) is 0 Å². The Morgan fingerprint density at radius 2 is 2.06 bits per heavy atom. The van der Waals surface area contributed by atoms with Crippen LogP contribution in [-0.2, 0) is 10.0 Å². The Morgan fingerprint density at radius 3 is 2.71 bits per heavy atom. The topological polar surface area (TPSA) is 66.6 Å². The Kier molecular flexibility index (Phi) is 3.72. The van der Waals surface area contributed by atoms with Gasteiger partial charge in [0.25, 0.3) is 10.0 Å². The summed E-state index contributed by atoms with van der Waals surface area (Å²) >= 11 is 1.19. The van der Waals surface area contributed by atoms with E-state index in [2.05, 4.69) is 4.90 Å². The van der Waals surface area contributed by atoms with Crippen molar-refractivity contribution < 1.29 is 8.42 Å². The lowest BCUT2D eigenvalue weighted by atomic mass is 10.4. The van der Waals surface area contributed by atoms with Gasteiger partial charge >= 0.3 is 0 Å². The summed E-state index contributed by atoms with van der Waals surface area (Å²) < 4.78 is 26.5.